The van der Waals surface area contributed by atoms with Crippen LogP contribution in [0.1, 0.15) is 5.56 Å². The van der Waals surface area contributed by atoms with Crippen molar-refractivity contribution >= 4 is 28.6 Å². The molecule has 0 amide bonds. The highest BCUT2D eigenvalue weighted by atomic mass is 32.1. The number of thiocarbonyl (C=S) groups is 1. The smallest absolute Gasteiger partial charge is 0.189 e. The van der Waals surface area contributed by atoms with Crippen LogP contribution in [0.3, 0.4) is 0 Å². The first-order valence-electron chi connectivity index (χ1n) is 5.59. The van der Waals surface area contributed by atoms with Gasteiger partial charge in [-0.25, -0.2) is 0 Å². The van der Waals surface area contributed by atoms with Gasteiger partial charge >= 0.3 is 0 Å². The summed E-state index contributed by atoms with van der Waals surface area (Å²) < 4.78 is 0. The van der Waals surface area contributed by atoms with Gasteiger partial charge in [0.1, 0.15) is 6.07 Å². The Kier molecular flexibility index (Phi) is 3.71. The number of hydrogen-bond acceptors (Lipinski definition) is 2. The van der Waals surface area contributed by atoms with Crippen molar-refractivity contribution in [3.63, 3.8) is 0 Å². The van der Waals surface area contributed by atoms with Gasteiger partial charge in [0, 0.05) is 5.69 Å². The Labute approximate surface area is 112 Å². The van der Waals surface area contributed by atoms with Gasteiger partial charge in [-0.3, -0.25) is 4.90 Å². The van der Waals surface area contributed by atoms with Crippen LogP contribution in [0, 0.1) is 18.3 Å². The third-order valence-electron chi connectivity index (χ3n) is 2.67. The number of anilines is 2. The summed E-state index contributed by atoms with van der Waals surface area (Å²) in [6.45, 7) is 2.01. The Balaban J connectivity index is 2.55. The molecule has 0 N–H and O–H groups in total. The van der Waals surface area contributed by atoms with Crippen LogP contribution in [0.15, 0.2) is 54.6 Å². The molecule has 0 fully saturated rings. The zero-order valence-corrected chi connectivity index (χ0v) is 10.8. The van der Waals surface area contributed by atoms with Gasteiger partial charge in [0.2, 0.25) is 0 Å². The molecule has 0 aliphatic rings. The minimum absolute atomic E-state index is 0.246. The fourth-order valence-corrected chi connectivity index (χ4v) is 2.01. The summed E-state index contributed by atoms with van der Waals surface area (Å²) >= 11 is 5.17. The van der Waals surface area contributed by atoms with Crippen LogP contribution in [0.5, 0.6) is 0 Å². The van der Waals surface area contributed by atoms with E-state index in [2.05, 4.69) is 0 Å². The van der Waals surface area contributed by atoms with Crippen molar-refractivity contribution in [3.05, 3.63) is 60.2 Å². The van der Waals surface area contributed by atoms with Crippen LogP contribution in [0.4, 0.5) is 11.4 Å². The van der Waals surface area contributed by atoms with Crippen molar-refractivity contribution in [2.45, 2.75) is 6.92 Å². The van der Waals surface area contributed by atoms with E-state index in [1.54, 1.807) is 4.90 Å². The minimum Gasteiger partial charge on any atom is -0.292 e. The van der Waals surface area contributed by atoms with Gasteiger partial charge in [-0.05, 0) is 42.9 Å². The molecular weight excluding hydrogens is 240 g/mol. The second kappa shape index (κ2) is 5.44. The molecule has 0 aliphatic carbocycles. The molecule has 2 rings (SSSR count). The Morgan fingerprint density at radius 2 is 1.67 bits per heavy atom. The van der Waals surface area contributed by atoms with Crippen LogP contribution in [-0.2, 0) is 0 Å². The summed E-state index contributed by atoms with van der Waals surface area (Å²) in [4.78, 5) is 2.04. The molecule has 0 aliphatic heterocycles. The lowest BCUT2D eigenvalue weighted by Gasteiger charge is -2.23. The molecule has 88 valence electrons. The summed E-state index contributed by atoms with van der Waals surface area (Å²) in [5, 5.41) is 9.09. The maximum atomic E-state index is 9.09. The Morgan fingerprint density at radius 3 is 2.28 bits per heavy atom. The Bertz CT molecular complexity index is 599. The average Bonchev–Trinajstić information content (AvgIpc) is 2.42. The van der Waals surface area contributed by atoms with Gasteiger partial charge in [0.15, 0.2) is 4.99 Å². The fourth-order valence-electron chi connectivity index (χ4n) is 1.81. The number of para-hydroxylation sites is 2. The van der Waals surface area contributed by atoms with Gasteiger partial charge in [-0.15, -0.1) is 0 Å². The highest BCUT2D eigenvalue weighted by Gasteiger charge is 2.15. The minimum atomic E-state index is 0.246. The van der Waals surface area contributed by atoms with Gasteiger partial charge < -0.3 is 0 Å². The standard InChI is InChI=1S/C15H12N2S/c1-12-7-5-6-10-14(12)17(15(18)11-16)13-8-3-2-4-9-13/h2-10H,1H3. The molecular formula is C15H12N2S. The van der Waals surface area contributed by atoms with E-state index in [0.29, 0.717) is 0 Å². The van der Waals surface area contributed by atoms with Crippen LogP contribution in [-0.4, -0.2) is 4.99 Å². The first kappa shape index (κ1) is 12.3. The average molecular weight is 252 g/mol. The SMILES string of the molecule is Cc1ccccc1N(C(=S)C#N)c1ccccc1. The van der Waals surface area contributed by atoms with E-state index >= 15 is 0 Å². The number of nitrogens with zero attached hydrogens (tertiary/aromatic N) is 2. The van der Waals surface area contributed by atoms with Crippen LogP contribution < -0.4 is 4.90 Å². The summed E-state index contributed by atoms with van der Waals surface area (Å²) in [6.07, 6.45) is 0. The van der Waals surface area contributed by atoms with Gasteiger partial charge in [0.25, 0.3) is 0 Å². The zero-order chi connectivity index (χ0) is 13.0. The Hall–Kier alpha value is -2.18. The lowest BCUT2D eigenvalue weighted by molar-refractivity contribution is 1.32. The van der Waals surface area contributed by atoms with E-state index in [-0.39, 0.29) is 4.99 Å². The quantitative estimate of drug-likeness (QED) is 0.756. The predicted octanol–water partition coefficient (Wildman–Crippen LogP) is 3.98. The maximum Gasteiger partial charge on any atom is 0.189 e. The molecule has 18 heavy (non-hydrogen) atoms. The van der Waals surface area contributed by atoms with Crippen molar-refractivity contribution in [1.29, 1.82) is 5.26 Å². The third kappa shape index (κ3) is 2.39. The largest absolute Gasteiger partial charge is 0.292 e. The number of hydrogen-bond donors (Lipinski definition) is 0. The Morgan fingerprint density at radius 1 is 1.06 bits per heavy atom. The molecule has 0 spiro atoms. The molecule has 2 nitrogen and oxygen atoms in total. The fraction of sp³-hybridized carbons (Fsp3) is 0.0667. The molecule has 2 aromatic rings. The van der Waals surface area contributed by atoms with Gasteiger partial charge in [0.05, 0.1) is 5.69 Å². The van der Waals surface area contributed by atoms with E-state index in [1.807, 2.05) is 67.6 Å². The molecule has 0 atom stereocenters. The molecule has 0 unspecified atom stereocenters. The lowest BCUT2D eigenvalue weighted by atomic mass is 10.1. The van der Waals surface area contributed by atoms with Crippen LogP contribution in [0.25, 0.3) is 0 Å². The van der Waals surface area contributed by atoms with E-state index in [4.69, 9.17) is 17.5 Å². The summed E-state index contributed by atoms with van der Waals surface area (Å²) in [7, 11) is 0. The normalized spacial score (nSPS) is 9.56. The van der Waals surface area contributed by atoms with Crippen molar-refractivity contribution in [3.8, 4) is 6.07 Å². The zero-order valence-electron chi connectivity index (χ0n) is 10.00. The molecule has 0 heterocycles. The predicted molar refractivity (Wildman–Crippen MR) is 78.0 cm³/mol. The lowest BCUT2D eigenvalue weighted by Crippen LogP contribution is -2.23. The first-order valence-corrected chi connectivity index (χ1v) is 5.99. The molecule has 0 radical (unpaired) electrons. The monoisotopic (exact) mass is 252 g/mol. The molecule has 0 bridgehead atoms. The van der Waals surface area contributed by atoms with Gasteiger partial charge in [-0.1, -0.05) is 36.4 Å². The van der Waals surface area contributed by atoms with E-state index in [0.717, 1.165) is 16.9 Å². The maximum absolute atomic E-state index is 9.09. The highest BCUT2D eigenvalue weighted by Crippen LogP contribution is 2.28. The van der Waals surface area contributed by atoms with E-state index < -0.39 is 0 Å². The first-order chi connectivity index (χ1) is 8.74. The second-order valence-electron chi connectivity index (χ2n) is 3.87. The van der Waals surface area contributed by atoms with E-state index in [9.17, 15) is 0 Å². The third-order valence-corrected chi connectivity index (χ3v) is 2.94. The number of nitriles is 1. The second-order valence-corrected chi connectivity index (χ2v) is 4.26. The molecule has 0 saturated carbocycles. The van der Waals surface area contributed by atoms with E-state index in [1.165, 1.54) is 0 Å². The van der Waals surface area contributed by atoms with Gasteiger partial charge in [-0.2, -0.15) is 5.26 Å². The number of aryl methyl sites for hydroxylation is 1. The van der Waals surface area contributed by atoms with Crippen molar-refractivity contribution < 1.29 is 0 Å². The van der Waals surface area contributed by atoms with Crippen LogP contribution >= 0.6 is 12.2 Å². The molecule has 0 aromatic heterocycles. The molecule has 3 heteroatoms. The summed E-state index contributed by atoms with van der Waals surface area (Å²) in [5.41, 5.74) is 2.92. The molecule has 0 saturated heterocycles. The van der Waals surface area contributed by atoms with Crippen molar-refractivity contribution in [2.75, 3.05) is 4.90 Å². The number of benzene rings is 2. The highest BCUT2D eigenvalue weighted by molar-refractivity contribution is 7.81. The number of rotatable bonds is 2. The van der Waals surface area contributed by atoms with Crippen molar-refractivity contribution in [2.24, 2.45) is 0 Å². The topological polar surface area (TPSA) is 27.0 Å². The van der Waals surface area contributed by atoms with Crippen molar-refractivity contribution in [1.82, 2.24) is 0 Å². The summed E-state index contributed by atoms with van der Waals surface area (Å²) in [5.74, 6) is 0. The summed E-state index contributed by atoms with van der Waals surface area (Å²) in [6, 6.07) is 19.6. The van der Waals surface area contributed by atoms with Crippen LogP contribution in [0.2, 0.25) is 0 Å². The molecule has 2 aromatic carbocycles.